The van der Waals surface area contributed by atoms with Crippen LogP contribution in [0.15, 0.2) is 42.5 Å². The van der Waals surface area contributed by atoms with E-state index in [1.807, 2.05) is 43.3 Å². The van der Waals surface area contributed by atoms with Crippen LogP contribution < -0.4 is 10.1 Å². The molecule has 21 heavy (non-hydrogen) atoms. The highest BCUT2D eigenvalue weighted by Gasteiger charge is 2.08. The predicted molar refractivity (Wildman–Crippen MR) is 85.0 cm³/mol. The summed E-state index contributed by atoms with van der Waals surface area (Å²) < 4.78 is 19.6. The lowest BCUT2D eigenvalue weighted by Gasteiger charge is -2.11. The molecule has 0 aromatic heterocycles. The number of halogens is 1. The minimum Gasteiger partial charge on any atom is -0.494 e. The molecule has 2 nitrogen and oxygen atoms in total. The fourth-order valence-electron chi connectivity index (χ4n) is 2.15. The van der Waals surface area contributed by atoms with Gasteiger partial charge in [-0.15, -0.1) is 0 Å². The molecule has 0 bridgehead atoms. The van der Waals surface area contributed by atoms with Crippen molar-refractivity contribution in [3.63, 3.8) is 0 Å². The maximum atomic E-state index is 14.1. The van der Waals surface area contributed by atoms with Gasteiger partial charge in [-0.2, -0.15) is 0 Å². The Labute approximate surface area is 126 Å². The molecule has 0 saturated heterocycles. The van der Waals surface area contributed by atoms with Crippen LogP contribution in [-0.2, 0) is 6.54 Å². The van der Waals surface area contributed by atoms with Gasteiger partial charge in [0.2, 0.25) is 0 Å². The molecule has 0 aliphatic carbocycles. The van der Waals surface area contributed by atoms with Gasteiger partial charge in [-0.05, 0) is 42.3 Å². The Hall–Kier alpha value is -1.87. The molecule has 0 fully saturated rings. The zero-order valence-electron chi connectivity index (χ0n) is 12.8. The molecule has 2 rings (SSSR count). The monoisotopic (exact) mass is 287 g/mol. The van der Waals surface area contributed by atoms with Gasteiger partial charge in [0.15, 0.2) is 0 Å². The number of benzene rings is 2. The Kier molecular flexibility index (Phi) is 5.34. The van der Waals surface area contributed by atoms with Crippen LogP contribution in [0.2, 0.25) is 0 Å². The van der Waals surface area contributed by atoms with Gasteiger partial charge in [-0.3, -0.25) is 0 Å². The van der Waals surface area contributed by atoms with E-state index >= 15 is 0 Å². The molecule has 0 aliphatic rings. The quantitative estimate of drug-likeness (QED) is 0.850. The maximum absolute atomic E-state index is 14.1. The van der Waals surface area contributed by atoms with Crippen LogP contribution in [-0.4, -0.2) is 12.6 Å². The van der Waals surface area contributed by atoms with Crippen molar-refractivity contribution in [2.45, 2.75) is 33.4 Å². The third-order valence-corrected chi connectivity index (χ3v) is 3.20. The first-order chi connectivity index (χ1) is 10.1. The van der Waals surface area contributed by atoms with Gasteiger partial charge >= 0.3 is 0 Å². The third-order valence-electron chi connectivity index (χ3n) is 3.20. The lowest BCUT2D eigenvalue weighted by atomic mass is 10.0. The van der Waals surface area contributed by atoms with Gasteiger partial charge in [0.25, 0.3) is 0 Å². The van der Waals surface area contributed by atoms with Gasteiger partial charge in [0.1, 0.15) is 11.6 Å². The number of ether oxygens (including phenoxy) is 1. The van der Waals surface area contributed by atoms with Crippen molar-refractivity contribution >= 4 is 0 Å². The topological polar surface area (TPSA) is 21.3 Å². The molecule has 2 aromatic rings. The minimum absolute atomic E-state index is 0.211. The summed E-state index contributed by atoms with van der Waals surface area (Å²) in [5.41, 5.74) is 2.52. The van der Waals surface area contributed by atoms with E-state index in [1.165, 1.54) is 6.07 Å². The van der Waals surface area contributed by atoms with Crippen molar-refractivity contribution < 1.29 is 9.13 Å². The standard InChI is InChI=1S/C18H22FNO/c1-4-21-16-7-5-6-15(11-16)17-10-14(8-9-18(17)19)12-20-13(2)3/h5-11,13,20H,4,12H2,1-3H3. The minimum atomic E-state index is -0.211. The van der Waals surface area contributed by atoms with Crippen molar-refractivity contribution in [3.05, 3.63) is 53.8 Å². The van der Waals surface area contributed by atoms with Gasteiger partial charge < -0.3 is 10.1 Å². The molecule has 0 atom stereocenters. The Morgan fingerprint density at radius 3 is 2.67 bits per heavy atom. The van der Waals surface area contributed by atoms with Crippen LogP contribution in [0.25, 0.3) is 11.1 Å². The summed E-state index contributed by atoms with van der Waals surface area (Å²) in [5, 5.41) is 3.34. The predicted octanol–water partition coefficient (Wildman–Crippen LogP) is 4.39. The Bertz CT molecular complexity index is 596. The van der Waals surface area contributed by atoms with Crippen LogP contribution in [0.4, 0.5) is 4.39 Å². The molecular weight excluding hydrogens is 265 g/mol. The molecule has 0 amide bonds. The molecule has 3 heteroatoms. The second-order valence-electron chi connectivity index (χ2n) is 5.31. The van der Waals surface area contributed by atoms with Crippen molar-refractivity contribution in [2.24, 2.45) is 0 Å². The van der Waals surface area contributed by atoms with E-state index in [1.54, 1.807) is 0 Å². The molecule has 0 unspecified atom stereocenters. The summed E-state index contributed by atoms with van der Waals surface area (Å²) in [6.45, 7) is 7.46. The largest absolute Gasteiger partial charge is 0.494 e. The smallest absolute Gasteiger partial charge is 0.131 e. The van der Waals surface area contributed by atoms with Crippen molar-refractivity contribution in [1.82, 2.24) is 5.32 Å². The lowest BCUT2D eigenvalue weighted by Crippen LogP contribution is -2.21. The van der Waals surface area contributed by atoms with E-state index in [2.05, 4.69) is 19.2 Å². The summed E-state index contributed by atoms with van der Waals surface area (Å²) >= 11 is 0. The highest BCUT2D eigenvalue weighted by molar-refractivity contribution is 5.66. The molecule has 0 aliphatic heterocycles. The lowest BCUT2D eigenvalue weighted by molar-refractivity contribution is 0.340. The summed E-state index contributed by atoms with van der Waals surface area (Å²) in [4.78, 5) is 0. The van der Waals surface area contributed by atoms with Crippen LogP contribution in [0.1, 0.15) is 26.3 Å². The Balaban J connectivity index is 2.29. The van der Waals surface area contributed by atoms with E-state index in [9.17, 15) is 4.39 Å². The van der Waals surface area contributed by atoms with Crippen molar-refractivity contribution in [2.75, 3.05) is 6.61 Å². The molecule has 2 aromatic carbocycles. The maximum Gasteiger partial charge on any atom is 0.131 e. The van der Waals surface area contributed by atoms with Crippen LogP contribution in [0.3, 0.4) is 0 Å². The van der Waals surface area contributed by atoms with Gasteiger partial charge in [0.05, 0.1) is 6.61 Å². The molecule has 112 valence electrons. The number of hydrogen-bond acceptors (Lipinski definition) is 2. The molecule has 0 saturated carbocycles. The highest BCUT2D eigenvalue weighted by atomic mass is 19.1. The normalized spacial score (nSPS) is 10.9. The first-order valence-electron chi connectivity index (χ1n) is 7.35. The molecule has 0 heterocycles. The highest BCUT2D eigenvalue weighted by Crippen LogP contribution is 2.27. The summed E-state index contributed by atoms with van der Waals surface area (Å²) in [5.74, 6) is 0.553. The van der Waals surface area contributed by atoms with Crippen LogP contribution in [0.5, 0.6) is 5.75 Å². The van der Waals surface area contributed by atoms with Crippen LogP contribution in [0, 0.1) is 5.82 Å². The second kappa shape index (κ2) is 7.23. The van der Waals surface area contributed by atoms with Gasteiger partial charge in [0, 0.05) is 18.2 Å². The summed E-state index contributed by atoms with van der Waals surface area (Å²) in [7, 11) is 0. The van der Waals surface area contributed by atoms with E-state index in [0.29, 0.717) is 18.2 Å². The SMILES string of the molecule is CCOc1cccc(-c2cc(CNC(C)C)ccc2F)c1. The van der Waals surface area contributed by atoms with Crippen LogP contribution >= 0.6 is 0 Å². The number of nitrogens with one attached hydrogen (secondary N) is 1. The Morgan fingerprint density at radius 2 is 1.95 bits per heavy atom. The van der Waals surface area contributed by atoms with Crippen molar-refractivity contribution in [1.29, 1.82) is 0 Å². The molecule has 1 N–H and O–H groups in total. The van der Waals surface area contributed by atoms with E-state index in [0.717, 1.165) is 23.4 Å². The first-order valence-corrected chi connectivity index (χ1v) is 7.35. The fourth-order valence-corrected chi connectivity index (χ4v) is 2.15. The summed E-state index contributed by atoms with van der Waals surface area (Å²) in [6.07, 6.45) is 0. The van der Waals surface area contributed by atoms with E-state index in [4.69, 9.17) is 4.74 Å². The fraction of sp³-hybridized carbons (Fsp3) is 0.333. The number of rotatable bonds is 6. The van der Waals surface area contributed by atoms with Gasteiger partial charge in [-0.1, -0.05) is 32.0 Å². The van der Waals surface area contributed by atoms with E-state index in [-0.39, 0.29) is 5.82 Å². The molecule has 0 spiro atoms. The Morgan fingerprint density at radius 1 is 1.14 bits per heavy atom. The molecule has 0 radical (unpaired) electrons. The zero-order chi connectivity index (χ0) is 15.2. The van der Waals surface area contributed by atoms with Gasteiger partial charge in [-0.25, -0.2) is 4.39 Å². The summed E-state index contributed by atoms with van der Waals surface area (Å²) in [6, 6.07) is 13.2. The average molecular weight is 287 g/mol. The van der Waals surface area contributed by atoms with E-state index < -0.39 is 0 Å². The molecular formula is C18H22FNO. The zero-order valence-corrected chi connectivity index (χ0v) is 12.8. The number of hydrogen-bond donors (Lipinski definition) is 1. The second-order valence-corrected chi connectivity index (χ2v) is 5.31. The average Bonchev–Trinajstić information content (AvgIpc) is 2.47. The third kappa shape index (κ3) is 4.30. The first kappa shape index (κ1) is 15.5. The van der Waals surface area contributed by atoms with Crippen molar-refractivity contribution in [3.8, 4) is 16.9 Å².